The van der Waals surface area contributed by atoms with E-state index in [2.05, 4.69) is 31.2 Å². The molecule has 7 nitrogen and oxygen atoms in total. The molecule has 1 aromatic carbocycles. The van der Waals surface area contributed by atoms with E-state index in [4.69, 9.17) is 15.7 Å². The van der Waals surface area contributed by atoms with Gasteiger partial charge in [0, 0.05) is 17.1 Å². The van der Waals surface area contributed by atoms with Crippen molar-refractivity contribution in [3.8, 4) is 11.8 Å². The average Bonchev–Trinajstić information content (AvgIpc) is 2.74. The summed E-state index contributed by atoms with van der Waals surface area (Å²) in [5.74, 6) is 0.562. The molecule has 8 heteroatoms. The zero-order valence-corrected chi connectivity index (χ0v) is 11.0. The summed E-state index contributed by atoms with van der Waals surface area (Å²) in [7, 11) is 1.75. The lowest BCUT2D eigenvalue weighted by atomic mass is 10.2. The van der Waals surface area contributed by atoms with E-state index < -0.39 is 0 Å². The number of hydrogen-bond acceptors (Lipinski definition) is 5. The van der Waals surface area contributed by atoms with Crippen molar-refractivity contribution < 1.29 is 9.94 Å². The molecule has 0 aliphatic carbocycles. The molecule has 94 valence electrons. The number of halogens is 1. The van der Waals surface area contributed by atoms with Crippen LogP contribution in [0.3, 0.4) is 0 Å². The third-order valence-electron chi connectivity index (χ3n) is 2.11. The smallest absolute Gasteiger partial charge is 0.340 e. The van der Waals surface area contributed by atoms with Crippen molar-refractivity contribution in [2.75, 3.05) is 0 Å². The first kappa shape index (κ1) is 12.4. The normalized spacial score (nSPS) is 11.6. The molecule has 0 aliphatic rings. The number of nitrogens with two attached hydrogens (primary N) is 1. The van der Waals surface area contributed by atoms with Gasteiger partial charge in [0.05, 0.1) is 0 Å². The number of nitrogens with zero attached hydrogens (tertiary/aromatic N) is 4. The number of hydrogen-bond donors (Lipinski definition) is 2. The van der Waals surface area contributed by atoms with Gasteiger partial charge in [-0.2, -0.15) is 4.98 Å². The fraction of sp³-hybridized carbons (Fsp3) is 0.100. The van der Waals surface area contributed by atoms with Crippen molar-refractivity contribution in [2.45, 2.75) is 0 Å². The summed E-state index contributed by atoms with van der Waals surface area (Å²) in [6, 6.07) is 5.27. The molecule has 0 fully saturated rings. The second-order valence-electron chi connectivity index (χ2n) is 3.43. The fourth-order valence-corrected chi connectivity index (χ4v) is 1.85. The van der Waals surface area contributed by atoms with Crippen LogP contribution in [-0.4, -0.2) is 25.8 Å². The first-order chi connectivity index (χ1) is 8.60. The van der Waals surface area contributed by atoms with Crippen LogP contribution in [-0.2, 0) is 7.05 Å². The lowest BCUT2D eigenvalue weighted by Gasteiger charge is -2.05. The molecular weight excluding hydrogens is 302 g/mol. The highest BCUT2D eigenvalue weighted by Gasteiger charge is 2.08. The van der Waals surface area contributed by atoms with E-state index in [1.54, 1.807) is 25.2 Å². The van der Waals surface area contributed by atoms with Crippen molar-refractivity contribution in [2.24, 2.45) is 17.9 Å². The molecule has 0 atom stereocenters. The molecule has 0 saturated carbocycles. The Morgan fingerprint density at radius 2 is 2.33 bits per heavy atom. The standard InChI is InChI=1S/C10H10BrN5O2/c1-16-5-13-10(14-16)18-6-2-3-7(8(11)4-6)9(12)15-17/h2-5,17H,1H3,(H2,12,15). The van der Waals surface area contributed by atoms with Gasteiger partial charge in [-0.15, -0.1) is 5.10 Å². The minimum Gasteiger partial charge on any atom is -0.423 e. The zero-order chi connectivity index (χ0) is 13.1. The van der Waals surface area contributed by atoms with Crippen LogP contribution in [0.4, 0.5) is 0 Å². The van der Waals surface area contributed by atoms with Gasteiger partial charge in [-0.25, -0.2) is 0 Å². The summed E-state index contributed by atoms with van der Waals surface area (Å²) in [5.41, 5.74) is 6.07. The first-order valence-corrected chi connectivity index (χ1v) is 5.70. The van der Waals surface area contributed by atoms with E-state index in [-0.39, 0.29) is 11.8 Å². The fourth-order valence-electron chi connectivity index (χ4n) is 1.29. The molecule has 0 radical (unpaired) electrons. The van der Waals surface area contributed by atoms with E-state index >= 15 is 0 Å². The van der Waals surface area contributed by atoms with Crippen molar-refractivity contribution >= 4 is 21.8 Å². The van der Waals surface area contributed by atoms with Gasteiger partial charge in [0.2, 0.25) is 0 Å². The summed E-state index contributed by atoms with van der Waals surface area (Å²) in [6.07, 6.45) is 1.54. The molecule has 1 heterocycles. The third kappa shape index (κ3) is 2.59. The van der Waals surface area contributed by atoms with Crippen LogP contribution in [0.15, 0.2) is 34.2 Å². The largest absolute Gasteiger partial charge is 0.423 e. The quantitative estimate of drug-likeness (QED) is 0.387. The Morgan fingerprint density at radius 3 is 2.89 bits per heavy atom. The van der Waals surface area contributed by atoms with Crippen LogP contribution in [0, 0.1) is 0 Å². The maximum atomic E-state index is 8.61. The van der Waals surface area contributed by atoms with Gasteiger partial charge in [-0.1, -0.05) is 5.16 Å². The summed E-state index contributed by atoms with van der Waals surface area (Å²) in [6.45, 7) is 0. The third-order valence-corrected chi connectivity index (χ3v) is 2.77. The molecule has 0 aliphatic heterocycles. The maximum Gasteiger partial charge on any atom is 0.340 e. The Kier molecular flexibility index (Phi) is 3.47. The highest BCUT2D eigenvalue weighted by molar-refractivity contribution is 9.10. The summed E-state index contributed by atoms with van der Waals surface area (Å²) >= 11 is 3.31. The van der Waals surface area contributed by atoms with Gasteiger partial charge < -0.3 is 15.7 Å². The molecule has 18 heavy (non-hydrogen) atoms. The Bertz CT molecular complexity index is 596. The summed E-state index contributed by atoms with van der Waals surface area (Å²) in [5, 5.41) is 15.5. The van der Waals surface area contributed by atoms with Gasteiger partial charge in [-0.3, -0.25) is 4.68 Å². The molecule has 1 aromatic heterocycles. The Hall–Kier alpha value is -2.09. The molecular formula is C10H10BrN5O2. The van der Waals surface area contributed by atoms with Crippen molar-refractivity contribution in [3.63, 3.8) is 0 Å². The number of ether oxygens (including phenoxy) is 1. The molecule has 0 unspecified atom stereocenters. The van der Waals surface area contributed by atoms with Crippen LogP contribution in [0.25, 0.3) is 0 Å². The second-order valence-corrected chi connectivity index (χ2v) is 4.28. The van der Waals surface area contributed by atoms with Gasteiger partial charge >= 0.3 is 6.01 Å². The van der Waals surface area contributed by atoms with Gasteiger partial charge in [0.15, 0.2) is 5.84 Å². The molecule has 2 aromatic rings. The number of oxime groups is 1. The van der Waals surface area contributed by atoms with E-state index in [1.807, 2.05) is 0 Å². The van der Waals surface area contributed by atoms with E-state index in [1.165, 1.54) is 11.0 Å². The van der Waals surface area contributed by atoms with Crippen LogP contribution in [0.2, 0.25) is 0 Å². The van der Waals surface area contributed by atoms with Gasteiger partial charge in [0.25, 0.3) is 0 Å². The number of benzene rings is 1. The Balaban J connectivity index is 2.24. The van der Waals surface area contributed by atoms with Crippen LogP contribution in [0.5, 0.6) is 11.8 Å². The number of amidine groups is 1. The lowest BCUT2D eigenvalue weighted by molar-refractivity contribution is 0.318. The predicted molar refractivity (Wildman–Crippen MR) is 67.7 cm³/mol. The highest BCUT2D eigenvalue weighted by atomic mass is 79.9. The van der Waals surface area contributed by atoms with Crippen LogP contribution >= 0.6 is 15.9 Å². The monoisotopic (exact) mass is 311 g/mol. The number of aryl methyl sites for hydroxylation is 1. The minimum atomic E-state index is 0.0180. The van der Waals surface area contributed by atoms with E-state index in [0.29, 0.717) is 15.8 Å². The first-order valence-electron chi connectivity index (χ1n) is 4.91. The van der Waals surface area contributed by atoms with Crippen molar-refractivity contribution in [1.82, 2.24) is 14.8 Å². The average molecular weight is 312 g/mol. The lowest BCUT2D eigenvalue weighted by Crippen LogP contribution is -2.13. The summed E-state index contributed by atoms with van der Waals surface area (Å²) in [4.78, 5) is 3.94. The second kappa shape index (κ2) is 5.05. The molecule has 0 spiro atoms. The molecule has 2 rings (SSSR count). The topological polar surface area (TPSA) is 98.6 Å². The molecule has 3 N–H and O–H groups in total. The molecule has 0 saturated heterocycles. The maximum absolute atomic E-state index is 8.61. The van der Waals surface area contributed by atoms with E-state index in [0.717, 1.165) is 0 Å². The summed E-state index contributed by atoms with van der Waals surface area (Å²) < 4.78 is 7.61. The van der Waals surface area contributed by atoms with Crippen LogP contribution < -0.4 is 10.5 Å². The highest BCUT2D eigenvalue weighted by Crippen LogP contribution is 2.25. The minimum absolute atomic E-state index is 0.0180. The Morgan fingerprint density at radius 1 is 1.56 bits per heavy atom. The number of aromatic nitrogens is 3. The van der Waals surface area contributed by atoms with Gasteiger partial charge in [-0.05, 0) is 34.1 Å². The predicted octanol–water partition coefficient (Wildman–Crippen LogP) is 1.46. The zero-order valence-electron chi connectivity index (χ0n) is 9.41. The van der Waals surface area contributed by atoms with E-state index in [9.17, 15) is 0 Å². The molecule has 0 bridgehead atoms. The Labute approximate surface area is 111 Å². The SMILES string of the molecule is Cn1cnc(Oc2ccc(/C(N)=N/O)c(Br)c2)n1. The van der Waals surface area contributed by atoms with Crippen LogP contribution in [0.1, 0.15) is 5.56 Å². The molecule has 0 amide bonds. The number of rotatable bonds is 3. The van der Waals surface area contributed by atoms with Crippen molar-refractivity contribution in [3.05, 3.63) is 34.6 Å². The van der Waals surface area contributed by atoms with Crippen molar-refractivity contribution in [1.29, 1.82) is 0 Å². The van der Waals surface area contributed by atoms with Gasteiger partial charge in [0.1, 0.15) is 12.1 Å².